The summed E-state index contributed by atoms with van der Waals surface area (Å²) in [6, 6.07) is 0. The summed E-state index contributed by atoms with van der Waals surface area (Å²) in [5, 5.41) is 1.01. The topological polar surface area (TPSA) is 38.8 Å². The first-order valence-corrected chi connectivity index (χ1v) is 3.33. The lowest BCUT2D eigenvalue weighted by molar-refractivity contribution is -0.289. The predicted molar refractivity (Wildman–Crippen MR) is 37.6 cm³/mol. The molecule has 4 nitrogen and oxygen atoms in total. The van der Waals surface area contributed by atoms with E-state index < -0.39 is 0 Å². The molecule has 1 rings (SSSR count). The second-order valence-electron chi connectivity index (χ2n) is 1.88. The third-order valence-electron chi connectivity index (χ3n) is 1.04. The van der Waals surface area contributed by atoms with E-state index in [-0.39, 0.29) is 5.97 Å². The van der Waals surface area contributed by atoms with Gasteiger partial charge in [-0.2, -0.15) is 0 Å². The van der Waals surface area contributed by atoms with Crippen molar-refractivity contribution in [3.63, 3.8) is 0 Å². The van der Waals surface area contributed by atoms with E-state index in [2.05, 4.69) is 4.84 Å². The summed E-state index contributed by atoms with van der Waals surface area (Å²) in [5.41, 5.74) is 0. The molecule has 0 amide bonds. The number of rotatable bonds is 2. The average molecular weight is 155 g/mol. The van der Waals surface area contributed by atoms with Crippen LogP contribution < -0.4 is 0 Å². The zero-order chi connectivity index (χ0) is 8.10. The van der Waals surface area contributed by atoms with Gasteiger partial charge >= 0.3 is 5.97 Å². The molecule has 0 saturated carbocycles. The Morgan fingerprint density at radius 3 is 3.00 bits per heavy atom. The van der Waals surface area contributed by atoms with Crippen LogP contribution >= 0.6 is 0 Å². The van der Waals surface area contributed by atoms with E-state index >= 15 is 0 Å². The Morgan fingerprint density at radius 2 is 2.45 bits per heavy atom. The third kappa shape index (κ3) is 2.33. The van der Waals surface area contributed by atoms with Crippen LogP contribution in [0.2, 0.25) is 0 Å². The molecule has 1 aliphatic heterocycles. The minimum atomic E-state index is -0.329. The van der Waals surface area contributed by atoms with Crippen molar-refractivity contribution in [2.24, 2.45) is 0 Å². The van der Waals surface area contributed by atoms with E-state index in [1.807, 2.05) is 0 Å². The van der Waals surface area contributed by atoms with E-state index in [1.54, 1.807) is 19.1 Å². The first kappa shape index (κ1) is 7.65. The molecule has 11 heavy (non-hydrogen) atoms. The van der Waals surface area contributed by atoms with E-state index in [1.165, 1.54) is 12.5 Å². The molecule has 0 unspecified atom stereocenters. The average Bonchev–Trinajstić information content (AvgIpc) is 2.06. The minimum Gasteiger partial charge on any atom is -0.354 e. The first-order valence-electron chi connectivity index (χ1n) is 3.33. The summed E-state index contributed by atoms with van der Waals surface area (Å²) >= 11 is 0. The van der Waals surface area contributed by atoms with Gasteiger partial charge in [-0.05, 0) is 17.4 Å². The largest absolute Gasteiger partial charge is 0.354 e. The monoisotopic (exact) mass is 155 g/mol. The lowest BCUT2D eigenvalue weighted by atomic mass is 10.5. The molecule has 0 fully saturated rings. The molecule has 1 heterocycles. The molecule has 0 aromatic carbocycles. The number of nitrogens with zero attached hydrogens (tertiary/aromatic N) is 1. The number of hydrogen-bond donors (Lipinski definition) is 0. The maximum atomic E-state index is 10.7. The summed E-state index contributed by atoms with van der Waals surface area (Å²) in [6.45, 7) is 1.71. The molecule has 0 aliphatic carbocycles. The standard InChI is InChI=1S/C7H9NO3/c1-2-7(9)11-8-5-3-4-6-10-8/h3-6H,2H2,1H3. The van der Waals surface area contributed by atoms with Crippen LogP contribution in [-0.4, -0.2) is 11.2 Å². The molecule has 0 N–H and O–H groups in total. The fourth-order valence-corrected chi connectivity index (χ4v) is 0.512. The van der Waals surface area contributed by atoms with Crippen molar-refractivity contribution in [1.29, 1.82) is 0 Å². The maximum Gasteiger partial charge on any atom is 0.336 e. The van der Waals surface area contributed by atoms with Gasteiger partial charge in [-0.25, -0.2) is 4.79 Å². The molecular weight excluding hydrogens is 146 g/mol. The van der Waals surface area contributed by atoms with E-state index in [0.717, 1.165) is 5.23 Å². The molecular formula is C7H9NO3. The highest BCUT2D eigenvalue weighted by Gasteiger charge is 2.06. The van der Waals surface area contributed by atoms with Gasteiger partial charge in [-0.1, -0.05) is 6.92 Å². The number of allylic oxidation sites excluding steroid dienone is 2. The summed E-state index contributed by atoms with van der Waals surface area (Å²) in [6.07, 6.45) is 6.65. The zero-order valence-corrected chi connectivity index (χ0v) is 6.19. The van der Waals surface area contributed by atoms with Gasteiger partial charge in [0.2, 0.25) is 0 Å². The summed E-state index contributed by atoms with van der Waals surface area (Å²) < 4.78 is 0. The van der Waals surface area contributed by atoms with Gasteiger partial charge in [0.05, 0.1) is 6.20 Å². The molecule has 0 radical (unpaired) electrons. The SMILES string of the molecule is CCC(=O)ON1C=CC=CO1. The number of hydrogen-bond acceptors (Lipinski definition) is 4. The van der Waals surface area contributed by atoms with Crippen LogP contribution in [-0.2, 0) is 14.5 Å². The lowest BCUT2D eigenvalue weighted by Crippen LogP contribution is -2.21. The lowest BCUT2D eigenvalue weighted by Gasteiger charge is -2.17. The van der Waals surface area contributed by atoms with Crippen LogP contribution in [0.5, 0.6) is 0 Å². The molecule has 0 atom stereocenters. The quantitative estimate of drug-likeness (QED) is 0.599. The zero-order valence-electron chi connectivity index (χ0n) is 6.19. The minimum absolute atomic E-state index is 0.329. The van der Waals surface area contributed by atoms with E-state index in [4.69, 9.17) is 4.84 Å². The number of hydroxylamine groups is 2. The van der Waals surface area contributed by atoms with Crippen molar-refractivity contribution >= 4 is 5.97 Å². The van der Waals surface area contributed by atoms with Gasteiger partial charge in [0, 0.05) is 6.42 Å². The molecule has 0 spiro atoms. The molecule has 0 bridgehead atoms. The maximum absolute atomic E-state index is 10.7. The summed E-state index contributed by atoms with van der Waals surface area (Å²) in [7, 11) is 0. The first-order chi connectivity index (χ1) is 5.33. The van der Waals surface area contributed by atoms with Crippen molar-refractivity contribution in [1.82, 2.24) is 5.23 Å². The number of carbonyl (C=O) groups is 1. The highest BCUT2D eigenvalue weighted by Crippen LogP contribution is 2.01. The van der Waals surface area contributed by atoms with Gasteiger partial charge < -0.3 is 9.68 Å². The predicted octanol–water partition coefficient (Wildman–Crippen LogP) is 1.13. The van der Waals surface area contributed by atoms with Gasteiger partial charge in [0.15, 0.2) is 0 Å². The van der Waals surface area contributed by atoms with Crippen molar-refractivity contribution in [3.8, 4) is 0 Å². The van der Waals surface area contributed by atoms with Gasteiger partial charge in [0.1, 0.15) is 6.26 Å². The van der Waals surface area contributed by atoms with Crippen LogP contribution in [0, 0.1) is 0 Å². The Kier molecular flexibility index (Phi) is 2.54. The molecule has 60 valence electrons. The van der Waals surface area contributed by atoms with Gasteiger partial charge in [-0.15, -0.1) is 0 Å². The molecule has 4 heteroatoms. The second-order valence-corrected chi connectivity index (χ2v) is 1.88. The fraction of sp³-hybridized carbons (Fsp3) is 0.286. The molecule has 0 saturated heterocycles. The Morgan fingerprint density at radius 1 is 1.64 bits per heavy atom. The van der Waals surface area contributed by atoms with Crippen LogP contribution in [0.1, 0.15) is 13.3 Å². The molecule has 0 aromatic heterocycles. The van der Waals surface area contributed by atoms with Gasteiger partial charge in [0.25, 0.3) is 0 Å². The van der Waals surface area contributed by atoms with Gasteiger partial charge in [-0.3, -0.25) is 0 Å². The highest BCUT2D eigenvalue weighted by atomic mass is 17.0. The second kappa shape index (κ2) is 3.65. The van der Waals surface area contributed by atoms with E-state index in [9.17, 15) is 4.79 Å². The van der Waals surface area contributed by atoms with Crippen molar-refractivity contribution in [3.05, 3.63) is 24.6 Å². The normalized spacial score (nSPS) is 14.5. The Hall–Kier alpha value is -1.45. The highest BCUT2D eigenvalue weighted by molar-refractivity contribution is 5.68. The molecule has 1 aliphatic rings. The van der Waals surface area contributed by atoms with Crippen molar-refractivity contribution in [2.75, 3.05) is 0 Å². The van der Waals surface area contributed by atoms with Crippen LogP contribution in [0.15, 0.2) is 24.6 Å². The molecule has 0 aromatic rings. The Balaban J connectivity index is 2.33. The smallest absolute Gasteiger partial charge is 0.336 e. The van der Waals surface area contributed by atoms with Crippen molar-refractivity contribution in [2.45, 2.75) is 13.3 Å². The summed E-state index contributed by atoms with van der Waals surface area (Å²) in [4.78, 5) is 20.1. The Labute approximate surface area is 64.6 Å². The van der Waals surface area contributed by atoms with E-state index in [0.29, 0.717) is 6.42 Å². The number of carbonyl (C=O) groups excluding carboxylic acids is 1. The summed E-state index contributed by atoms with van der Waals surface area (Å²) in [5.74, 6) is -0.329. The van der Waals surface area contributed by atoms with Crippen LogP contribution in [0.25, 0.3) is 0 Å². The fourth-order valence-electron chi connectivity index (χ4n) is 0.512. The third-order valence-corrected chi connectivity index (χ3v) is 1.04. The van der Waals surface area contributed by atoms with Crippen molar-refractivity contribution < 1.29 is 14.5 Å². The van der Waals surface area contributed by atoms with Crippen LogP contribution in [0.4, 0.5) is 0 Å². The van der Waals surface area contributed by atoms with Crippen LogP contribution in [0.3, 0.4) is 0 Å². The Bertz CT molecular complexity index is 198.